The number of nitrogens with zero attached hydrogens (tertiary/aromatic N) is 2. The van der Waals surface area contributed by atoms with E-state index in [2.05, 4.69) is 30.8 Å². The first-order valence-electron chi connectivity index (χ1n) is 7.84. The molecule has 6 heteroatoms. The Labute approximate surface area is 159 Å². The van der Waals surface area contributed by atoms with Gasteiger partial charge >= 0.3 is 0 Å². The lowest BCUT2D eigenvalue weighted by Gasteiger charge is -2.10. The van der Waals surface area contributed by atoms with E-state index >= 15 is 0 Å². The lowest BCUT2D eigenvalue weighted by molar-refractivity contribution is -0.113. The SMILES string of the molecule is Cc1nc(SCC(=O)Nc2ccc(Br)cc2)n(-c2ccccc2)c1C. The Kier molecular flexibility index (Phi) is 5.60. The van der Waals surface area contributed by atoms with E-state index in [1.807, 2.05) is 68.4 Å². The highest BCUT2D eigenvalue weighted by Crippen LogP contribution is 2.25. The number of imidazole rings is 1. The molecule has 128 valence electrons. The Morgan fingerprint density at radius 2 is 1.80 bits per heavy atom. The summed E-state index contributed by atoms with van der Waals surface area (Å²) in [5.74, 6) is 0.254. The van der Waals surface area contributed by atoms with Crippen molar-refractivity contribution in [2.75, 3.05) is 11.1 Å². The highest BCUT2D eigenvalue weighted by Gasteiger charge is 2.14. The fraction of sp³-hybridized carbons (Fsp3) is 0.158. The molecule has 3 rings (SSSR count). The zero-order valence-corrected chi connectivity index (χ0v) is 16.4. The minimum absolute atomic E-state index is 0.0507. The normalized spacial score (nSPS) is 10.7. The first kappa shape index (κ1) is 17.8. The monoisotopic (exact) mass is 415 g/mol. The van der Waals surface area contributed by atoms with E-state index in [-0.39, 0.29) is 5.91 Å². The van der Waals surface area contributed by atoms with Crippen LogP contribution in [-0.4, -0.2) is 21.2 Å². The van der Waals surface area contributed by atoms with Crippen LogP contribution in [0.4, 0.5) is 5.69 Å². The van der Waals surface area contributed by atoms with Gasteiger partial charge in [0.1, 0.15) is 0 Å². The first-order chi connectivity index (χ1) is 12.0. The molecule has 2 aromatic carbocycles. The zero-order valence-electron chi connectivity index (χ0n) is 14.0. The second-order valence-corrected chi connectivity index (χ2v) is 7.44. The first-order valence-corrected chi connectivity index (χ1v) is 9.62. The Balaban J connectivity index is 1.72. The van der Waals surface area contributed by atoms with Crippen LogP contribution in [0.3, 0.4) is 0 Å². The molecule has 4 nitrogen and oxygen atoms in total. The molecule has 0 atom stereocenters. The molecular formula is C19H18BrN3OS. The van der Waals surface area contributed by atoms with Crippen molar-refractivity contribution < 1.29 is 4.79 Å². The number of aromatic nitrogens is 2. The van der Waals surface area contributed by atoms with Gasteiger partial charge in [-0.2, -0.15) is 0 Å². The molecule has 0 spiro atoms. The summed E-state index contributed by atoms with van der Waals surface area (Å²) in [6, 6.07) is 17.6. The van der Waals surface area contributed by atoms with Gasteiger partial charge in [0.25, 0.3) is 0 Å². The van der Waals surface area contributed by atoms with Crippen LogP contribution in [0.1, 0.15) is 11.4 Å². The Bertz CT molecular complexity index is 876. The van der Waals surface area contributed by atoms with Gasteiger partial charge in [0, 0.05) is 21.5 Å². The van der Waals surface area contributed by atoms with E-state index in [0.29, 0.717) is 5.75 Å². The molecule has 1 heterocycles. The number of benzene rings is 2. The molecule has 1 amide bonds. The van der Waals surface area contributed by atoms with Crippen molar-refractivity contribution in [3.8, 4) is 5.69 Å². The van der Waals surface area contributed by atoms with Crippen molar-refractivity contribution in [3.63, 3.8) is 0 Å². The van der Waals surface area contributed by atoms with Gasteiger partial charge < -0.3 is 5.32 Å². The maximum Gasteiger partial charge on any atom is 0.234 e. The van der Waals surface area contributed by atoms with E-state index in [9.17, 15) is 4.79 Å². The molecule has 0 unspecified atom stereocenters. The number of nitrogens with one attached hydrogen (secondary N) is 1. The van der Waals surface area contributed by atoms with Crippen molar-refractivity contribution in [1.82, 2.24) is 9.55 Å². The van der Waals surface area contributed by atoms with Crippen molar-refractivity contribution in [1.29, 1.82) is 0 Å². The number of halogens is 1. The number of thioether (sulfide) groups is 1. The van der Waals surface area contributed by atoms with Crippen molar-refractivity contribution in [3.05, 3.63) is 70.5 Å². The summed E-state index contributed by atoms with van der Waals surface area (Å²) < 4.78 is 3.07. The summed E-state index contributed by atoms with van der Waals surface area (Å²) >= 11 is 4.82. The summed E-state index contributed by atoms with van der Waals surface area (Å²) in [5.41, 5.74) is 3.89. The van der Waals surface area contributed by atoms with E-state index in [0.717, 1.165) is 32.4 Å². The van der Waals surface area contributed by atoms with Gasteiger partial charge in [-0.05, 0) is 50.2 Å². The van der Waals surface area contributed by atoms with E-state index in [1.165, 1.54) is 11.8 Å². The molecule has 1 N–H and O–H groups in total. The lowest BCUT2D eigenvalue weighted by Crippen LogP contribution is -2.14. The number of amides is 1. The van der Waals surface area contributed by atoms with Crippen LogP contribution in [0.2, 0.25) is 0 Å². The number of carbonyl (C=O) groups excluding carboxylic acids is 1. The van der Waals surface area contributed by atoms with Crippen LogP contribution >= 0.6 is 27.7 Å². The van der Waals surface area contributed by atoms with Crippen LogP contribution in [0.15, 0.2) is 64.2 Å². The average Bonchev–Trinajstić information content (AvgIpc) is 2.90. The third-order valence-electron chi connectivity index (χ3n) is 3.79. The molecule has 0 fully saturated rings. The van der Waals surface area contributed by atoms with Gasteiger partial charge in [-0.3, -0.25) is 9.36 Å². The van der Waals surface area contributed by atoms with Crippen molar-refractivity contribution in [2.45, 2.75) is 19.0 Å². The molecule has 3 aromatic rings. The summed E-state index contributed by atoms with van der Waals surface area (Å²) in [6.45, 7) is 4.03. The van der Waals surface area contributed by atoms with E-state index in [1.54, 1.807) is 0 Å². The van der Waals surface area contributed by atoms with Gasteiger partial charge in [-0.25, -0.2) is 4.98 Å². The van der Waals surface area contributed by atoms with Crippen LogP contribution in [-0.2, 0) is 4.79 Å². The predicted octanol–water partition coefficient (Wildman–Crippen LogP) is 4.98. The molecule has 0 aliphatic heterocycles. The fourth-order valence-electron chi connectivity index (χ4n) is 2.42. The van der Waals surface area contributed by atoms with Gasteiger partial charge in [-0.15, -0.1) is 0 Å². The third kappa shape index (κ3) is 4.32. The van der Waals surface area contributed by atoms with Gasteiger partial charge in [-0.1, -0.05) is 45.9 Å². The maximum atomic E-state index is 12.2. The summed E-state index contributed by atoms with van der Waals surface area (Å²) in [7, 11) is 0. The molecule has 0 bridgehead atoms. The highest BCUT2D eigenvalue weighted by molar-refractivity contribution is 9.10. The second-order valence-electron chi connectivity index (χ2n) is 5.58. The van der Waals surface area contributed by atoms with E-state index < -0.39 is 0 Å². The zero-order chi connectivity index (χ0) is 17.8. The number of rotatable bonds is 5. The minimum Gasteiger partial charge on any atom is -0.325 e. The molecule has 0 aliphatic carbocycles. The van der Waals surface area contributed by atoms with Crippen LogP contribution in [0, 0.1) is 13.8 Å². The minimum atomic E-state index is -0.0507. The van der Waals surface area contributed by atoms with Gasteiger partial charge in [0.15, 0.2) is 5.16 Å². The largest absolute Gasteiger partial charge is 0.325 e. The third-order valence-corrected chi connectivity index (χ3v) is 5.26. The van der Waals surface area contributed by atoms with Crippen molar-refractivity contribution in [2.24, 2.45) is 0 Å². The Morgan fingerprint density at radius 1 is 1.12 bits per heavy atom. The standard InChI is InChI=1S/C19H18BrN3OS/c1-13-14(2)23(17-6-4-3-5-7-17)19(21-13)25-12-18(24)22-16-10-8-15(20)9-11-16/h3-11H,12H2,1-2H3,(H,22,24). The number of aryl methyl sites for hydroxylation is 1. The summed E-state index contributed by atoms with van der Waals surface area (Å²) in [4.78, 5) is 16.8. The number of hydrogen-bond donors (Lipinski definition) is 1. The van der Waals surface area contributed by atoms with Crippen molar-refractivity contribution >= 4 is 39.3 Å². The Morgan fingerprint density at radius 3 is 2.48 bits per heavy atom. The average molecular weight is 416 g/mol. The maximum absolute atomic E-state index is 12.2. The number of carbonyl (C=O) groups is 1. The topological polar surface area (TPSA) is 46.9 Å². The smallest absolute Gasteiger partial charge is 0.234 e. The van der Waals surface area contributed by atoms with Crippen LogP contribution in [0.5, 0.6) is 0 Å². The van der Waals surface area contributed by atoms with Gasteiger partial charge in [0.2, 0.25) is 5.91 Å². The lowest BCUT2D eigenvalue weighted by atomic mass is 10.3. The van der Waals surface area contributed by atoms with Gasteiger partial charge in [0.05, 0.1) is 11.4 Å². The van der Waals surface area contributed by atoms with Crippen LogP contribution < -0.4 is 5.32 Å². The number of hydrogen-bond acceptors (Lipinski definition) is 3. The quantitative estimate of drug-likeness (QED) is 0.597. The molecule has 1 aromatic heterocycles. The number of para-hydroxylation sites is 1. The molecular weight excluding hydrogens is 398 g/mol. The molecule has 0 saturated carbocycles. The second kappa shape index (κ2) is 7.89. The Hall–Kier alpha value is -2.05. The van der Waals surface area contributed by atoms with Crippen LogP contribution in [0.25, 0.3) is 5.69 Å². The summed E-state index contributed by atoms with van der Waals surface area (Å²) in [5, 5.41) is 3.73. The molecule has 0 saturated heterocycles. The number of anilines is 1. The summed E-state index contributed by atoms with van der Waals surface area (Å²) in [6.07, 6.45) is 0. The van der Waals surface area contributed by atoms with E-state index in [4.69, 9.17) is 0 Å². The fourth-order valence-corrected chi connectivity index (χ4v) is 3.59. The molecule has 25 heavy (non-hydrogen) atoms. The highest BCUT2D eigenvalue weighted by atomic mass is 79.9. The predicted molar refractivity (Wildman–Crippen MR) is 107 cm³/mol. The molecule has 0 radical (unpaired) electrons. The molecule has 0 aliphatic rings.